The lowest BCUT2D eigenvalue weighted by Gasteiger charge is -2.08. The van der Waals surface area contributed by atoms with Crippen molar-refractivity contribution in [3.05, 3.63) is 0 Å². The summed E-state index contributed by atoms with van der Waals surface area (Å²) in [5, 5.41) is 2.34. The maximum Gasteiger partial charge on any atom is 0.309 e. The van der Waals surface area contributed by atoms with E-state index in [2.05, 4.69) is 53.1 Å². The molecule has 0 fully saturated rings. The summed E-state index contributed by atoms with van der Waals surface area (Å²) in [6.07, 6.45) is 1.53. The molecule has 0 aliphatic heterocycles. The third-order valence-electron chi connectivity index (χ3n) is 0.361. The zero-order chi connectivity index (χ0) is 6.62. The number of hydrogen-bond acceptors (Lipinski definition) is 1. The molecule has 8 heavy (non-hydrogen) atoms. The van der Waals surface area contributed by atoms with Gasteiger partial charge in [-0.15, -0.1) is 0 Å². The van der Waals surface area contributed by atoms with Crippen molar-refractivity contribution in [3.63, 3.8) is 0 Å². The van der Waals surface area contributed by atoms with Gasteiger partial charge in [0.15, 0.2) is 2.14 Å². The second-order valence-electron chi connectivity index (χ2n) is 1.07. The molecule has 0 aromatic heterocycles. The van der Waals surface area contributed by atoms with Crippen LogP contribution in [0.5, 0.6) is 0 Å². The van der Waals surface area contributed by atoms with Crippen LogP contribution in [0.3, 0.4) is 0 Å². The Morgan fingerprint density at radius 3 is 2.12 bits per heavy atom. The van der Waals surface area contributed by atoms with Gasteiger partial charge in [0.2, 0.25) is 0 Å². The largest absolute Gasteiger partial charge is 0.345 e. The Bertz CT molecular complexity index is 79.1. The zero-order valence-electron chi connectivity index (χ0n) is 3.75. The number of rotatable bonds is 2. The molecule has 0 saturated heterocycles. The van der Waals surface area contributed by atoms with E-state index in [1.54, 1.807) is 0 Å². The van der Waals surface area contributed by atoms with Crippen molar-refractivity contribution in [2.45, 2.75) is 2.14 Å². The van der Waals surface area contributed by atoms with E-state index >= 15 is 0 Å². The van der Waals surface area contributed by atoms with E-state index in [0.29, 0.717) is 6.54 Å². The predicted molar refractivity (Wildman–Crippen MR) is 43.2 cm³/mol. The second kappa shape index (κ2) is 3.85. The number of nitrogens with one attached hydrogen (secondary N) is 1. The van der Waals surface area contributed by atoms with Crippen LogP contribution in [0, 0.1) is 0 Å². The highest BCUT2D eigenvalue weighted by Crippen LogP contribution is 2.31. The molecule has 5 heteroatoms. The fraction of sp³-hybridized carbons (Fsp3) is 0.667. The number of hydrogen-bond donors (Lipinski definition) is 1. The first-order chi connectivity index (χ1) is 3.56. The van der Waals surface area contributed by atoms with Crippen molar-refractivity contribution in [1.29, 1.82) is 0 Å². The Morgan fingerprint density at radius 1 is 1.50 bits per heavy atom. The fourth-order valence-corrected chi connectivity index (χ4v) is 0.557. The van der Waals surface area contributed by atoms with Crippen LogP contribution in [0.25, 0.3) is 0 Å². The first-order valence-corrected chi connectivity index (χ1v) is 4.11. The first-order valence-electron chi connectivity index (χ1n) is 1.73. The number of carbonyl (C=O) groups excluding carboxylic acids is 1. The number of halogens is 3. The minimum Gasteiger partial charge on any atom is -0.345 e. The maximum absolute atomic E-state index is 9.55. The minimum absolute atomic E-state index is 0.385. The quantitative estimate of drug-likeness (QED) is 0.608. The van der Waals surface area contributed by atoms with Crippen LogP contribution in [0.1, 0.15) is 0 Å². The van der Waals surface area contributed by atoms with Gasteiger partial charge in [-0.2, -0.15) is 0 Å². The second-order valence-corrected chi connectivity index (χ2v) is 8.32. The van der Waals surface area contributed by atoms with Crippen molar-refractivity contribution < 1.29 is 4.79 Å². The third kappa shape index (κ3) is 6.91. The summed E-state index contributed by atoms with van der Waals surface area (Å²) in [6.45, 7) is 0.441. The van der Waals surface area contributed by atoms with E-state index in [4.69, 9.17) is 0 Å². The lowest BCUT2D eigenvalue weighted by molar-refractivity contribution is 0.544. The van der Waals surface area contributed by atoms with E-state index in [9.17, 15) is 4.79 Å². The normalized spacial score (nSPS) is 10.9. The Kier molecular flexibility index (Phi) is 4.28. The molecule has 0 rings (SSSR count). The molecule has 0 bridgehead atoms. The summed E-state index contributed by atoms with van der Waals surface area (Å²) in [5.41, 5.74) is 0. The Balaban J connectivity index is 3.24. The lowest BCUT2D eigenvalue weighted by atomic mass is 10.8. The molecule has 2 nitrogen and oxygen atoms in total. The molecule has 1 N–H and O–H groups in total. The van der Waals surface area contributed by atoms with Crippen molar-refractivity contribution in [3.8, 4) is 0 Å². The van der Waals surface area contributed by atoms with Crippen LogP contribution in [-0.4, -0.2) is 15.1 Å². The van der Waals surface area contributed by atoms with E-state index in [0.717, 1.165) is 0 Å². The molecule has 1 radical (unpaired) electrons. The Labute approximate surface area is 72.8 Å². The van der Waals surface area contributed by atoms with E-state index in [1.807, 2.05) is 0 Å². The van der Waals surface area contributed by atoms with Gasteiger partial charge in [0.05, 0.1) is 6.54 Å². The summed E-state index contributed by atoms with van der Waals surface area (Å²) in [4.78, 5) is 9.55. The summed E-state index contributed by atoms with van der Waals surface area (Å²) in [5.74, 6) is 0. The summed E-state index contributed by atoms with van der Waals surface area (Å²) in [7, 11) is 0. The molecule has 47 valence electrons. The smallest absolute Gasteiger partial charge is 0.309 e. The van der Waals surface area contributed by atoms with E-state index in [1.165, 1.54) is 6.41 Å². The molecule has 0 heterocycles. The molecule has 0 saturated carbocycles. The van der Waals surface area contributed by atoms with E-state index in [-0.39, 0.29) is 2.14 Å². The Morgan fingerprint density at radius 2 is 2.00 bits per heavy atom. The molecule has 1 amide bonds. The average molecular weight is 309 g/mol. The van der Waals surface area contributed by atoms with Crippen LogP contribution in [0.2, 0.25) is 0 Å². The standard InChI is InChI=1S/C3H3Br3NO/c4-3(5,6)1-7-2-8/h1H2,(H,7,8). The molecular formula is C3H3Br3NO. The van der Waals surface area contributed by atoms with Crippen LogP contribution < -0.4 is 5.32 Å². The molecule has 0 aliphatic carbocycles. The number of amides is 1. The summed E-state index contributed by atoms with van der Waals surface area (Å²) >= 11 is 9.51. The summed E-state index contributed by atoms with van der Waals surface area (Å²) in [6, 6.07) is 0. The van der Waals surface area contributed by atoms with Gasteiger partial charge in [0, 0.05) is 0 Å². The van der Waals surface area contributed by atoms with E-state index < -0.39 is 0 Å². The SMILES string of the molecule is O=[C]NCC(Br)(Br)Br. The third-order valence-corrected chi connectivity index (χ3v) is 1.20. The molecule has 0 atom stereocenters. The zero-order valence-corrected chi connectivity index (χ0v) is 8.51. The van der Waals surface area contributed by atoms with Gasteiger partial charge in [-0.25, -0.2) is 0 Å². The molecule has 0 spiro atoms. The van der Waals surface area contributed by atoms with Crippen LogP contribution >= 0.6 is 47.8 Å². The first kappa shape index (κ1) is 8.91. The molecule has 0 aromatic carbocycles. The van der Waals surface area contributed by atoms with Crippen molar-refractivity contribution in [2.24, 2.45) is 0 Å². The van der Waals surface area contributed by atoms with Crippen molar-refractivity contribution in [1.82, 2.24) is 5.32 Å². The highest BCUT2D eigenvalue weighted by atomic mass is 80.0. The van der Waals surface area contributed by atoms with Gasteiger partial charge < -0.3 is 5.32 Å². The topological polar surface area (TPSA) is 29.1 Å². The molecule has 0 aromatic rings. The van der Waals surface area contributed by atoms with Gasteiger partial charge in [-0.1, -0.05) is 47.8 Å². The highest BCUT2D eigenvalue weighted by Gasteiger charge is 2.15. The van der Waals surface area contributed by atoms with Gasteiger partial charge in [-0.3, -0.25) is 4.79 Å². The number of alkyl halides is 3. The van der Waals surface area contributed by atoms with Crippen molar-refractivity contribution in [2.75, 3.05) is 6.54 Å². The molecule has 0 aliphatic rings. The Hall–Kier alpha value is 0.910. The lowest BCUT2D eigenvalue weighted by Crippen LogP contribution is -2.23. The van der Waals surface area contributed by atoms with Gasteiger partial charge in [0.1, 0.15) is 0 Å². The van der Waals surface area contributed by atoms with Gasteiger partial charge >= 0.3 is 6.41 Å². The minimum atomic E-state index is -0.385. The van der Waals surface area contributed by atoms with Crippen LogP contribution in [0.15, 0.2) is 0 Å². The highest BCUT2D eigenvalue weighted by molar-refractivity contribution is 9.39. The van der Waals surface area contributed by atoms with Crippen LogP contribution in [-0.2, 0) is 4.79 Å². The predicted octanol–water partition coefficient (Wildman–Crippen LogP) is 1.48. The fourth-order valence-electron chi connectivity index (χ4n) is 0.136. The molecular weight excluding hydrogens is 306 g/mol. The molecule has 0 unspecified atom stereocenters. The van der Waals surface area contributed by atoms with Crippen LogP contribution in [0.4, 0.5) is 0 Å². The van der Waals surface area contributed by atoms with Crippen molar-refractivity contribution >= 4 is 54.2 Å². The van der Waals surface area contributed by atoms with Gasteiger partial charge in [0.25, 0.3) is 0 Å². The summed E-state index contributed by atoms with van der Waals surface area (Å²) < 4.78 is -0.385. The average Bonchev–Trinajstić information content (AvgIpc) is 1.59. The monoisotopic (exact) mass is 306 g/mol. The van der Waals surface area contributed by atoms with Gasteiger partial charge in [-0.05, 0) is 0 Å². The maximum atomic E-state index is 9.55.